The van der Waals surface area contributed by atoms with Gasteiger partial charge in [0, 0.05) is 17.3 Å². The molecule has 2 rings (SSSR count). The summed E-state index contributed by atoms with van der Waals surface area (Å²) in [5.41, 5.74) is 11.6. The third-order valence-corrected chi connectivity index (χ3v) is 5.19. The lowest BCUT2D eigenvalue weighted by molar-refractivity contribution is 0.893. The second kappa shape index (κ2) is 8.29. The van der Waals surface area contributed by atoms with Crippen LogP contribution >= 0.6 is 0 Å². The van der Waals surface area contributed by atoms with Crippen LogP contribution in [0.1, 0.15) is 70.7 Å². The van der Waals surface area contributed by atoms with E-state index in [9.17, 15) is 0 Å². The van der Waals surface area contributed by atoms with Crippen LogP contribution < -0.4 is 0 Å². The molecule has 0 saturated heterocycles. The third-order valence-electron chi connectivity index (χ3n) is 5.19. The molecular weight excluding hydrogens is 302 g/mol. The number of rotatable bonds is 5. The Morgan fingerprint density at radius 3 is 2.40 bits per heavy atom. The lowest BCUT2D eigenvalue weighted by Crippen LogP contribution is -2.03. The van der Waals surface area contributed by atoms with Gasteiger partial charge in [-0.1, -0.05) is 42.9 Å². The van der Waals surface area contributed by atoms with Crippen molar-refractivity contribution >= 4 is 11.1 Å². The highest BCUT2D eigenvalue weighted by Gasteiger charge is 2.17. The van der Waals surface area contributed by atoms with Gasteiger partial charge in [-0.15, -0.1) is 0 Å². The lowest BCUT2D eigenvalue weighted by atomic mass is 9.84. The van der Waals surface area contributed by atoms with Gasteiger partial charge in [0.15, 0.2) is 0 Å². The molecule has 0 fully saturated rings. The van der Waals surface area contributed by atoms with E-state index in [1.807, 2.05) is 12.3 Å². The second-order valence-corrected chi connectivity index (χ2v) is 6.92. The molecule has 0 atom stereocenters. The molecule has 1 heterocycles. The summed E-state index contributed by atoms with van der Waals surface area (Å²) >= 11 is 0. The minimum absolute atomic E-state index is 0.981. The Bertz CT molecular complexity index is 797. The van der Waals surface area contributed by atoms with Crippen LogP contribution in [-0.4, -0.2) is 4.98 Å². The van der Waals surface area contributed by atoms with Gasteiger partial charge < -0.3 is 0 Å². The molecule has 1 aliphatic rings. The van der Waals surface area contributed by atoms with Gasteiger partial charge in [-0.25, -0.2) is 0 Å². The van der Waals surface area contributed by atoms with Gasteiger partial charge in [-0.05, 0) is 82.2 Å². The molecule has 25 heavy (non-hydrogen) atoms. The normalized spacial score (nSPS) is 16.6. The van der Waals surface area contributed by atoms with Crippen LogP contribution in [0.3, 0.4) is 0 Å². The largest absolute Gasteiger partial charge is 0.255 e. The maximum absolute atomic E-state index is 4.87. The minimum Gasteiger partial charge on any atom is -0.255 e. The van der Waals surface area contributed by atoms with Crippen molar-refractivity contribution < 1.29 is 0 Å². The number of aromatic nitrogens is 1. The van der Waals surface area contributed by atoms with Crippen molar-refractivity contribution in [3.8, 4) is 0 Å². The predicted octanol–water partition coefficient (Wildman–Crippen LogP) is 7.22. The lowest BCUT2D eigenvalue weighted by Gasteiger charge is -2.22. The highest BCUT2D eigenvalue weighted by Crippen LogP contribution is 2.37. The summed E-state index contributed by atoms with van der Waals surface area (Å²) in [7, 11) is 0. The number of nitrogens with zero attached hydrogens (tertiary/aromatic N) is 1. The first-order chi connectivity index (χ1) is 11.9. The van der Waals surface area contributed by atoms with Crippen molar-refractivity contribution in [2.45, 2.75) is 60.8 Å². The van der Waals surface area contributed by atoms with Crippen LogP contribution in [0.5, 0.6) is 0 Å². The molecule has 0 N–H and O–H groups in total. The zero-order chi connectivity index (χ0) is 18.6. The van der Waals surface area contributed by atoms with E-state index in [-0.39, 0.29) is 0 Å². The first kappa shape index (κ1) is 19.2. The Balaban J connectivity index is 2.55. The van der Waals surface area contributed by atoms with Crippen LogP contribution in [-0.2, 0) is 0 Å². The van der Waals surface area contributed by atoms with E-state index in [0.717, 1.165) is 24.1 Å². The number of allylic oxidation sites excluding steroid dienone is 9. The Kier molecular flexibility index (Phi) is 6.36. The molecule has 1 aromatic rings. The Labute approximate surface area is 153 Å². The molecule has 0 unspecified atom stereocenters. The van der Waals surface area contributed by atoms with Gasteiger partial charge in [0.05, 0.1) is 5.69 Å². The molecule has 1 aliphatic carbocycles. The number of aryl methyl sites for hydroxylation is 1. The molecule has 0 amide bonds. The number of pyridine rings is 1. The zero-order valence-corrected chi connectivity index (χ0v) is 16.7. The fraction of sp³-hybridized carbons (Fsp3) is 0.375. The van der Waals surface area contributed by atoms with Crippen LogP contribution in [0.15, 0.2) is 59.4 Å². The topological polar surface area (TPSA) is 12.9 Å². The third kappa shape index (κ3) is 3.92. The molecule has 1 aromatic heterocycles. The van der Waals surface area contributed by atoms with Crippen LogP contribution in [0.25, 0.3) is 11.1 Å². The van der Waals surface area contributed by atoms with Crippen molar-refractivity contribution in [2.75, 3.05) is 0 Å². The van der Waals surface area contributed by atoms with Gasteiger partial charge in [-0.2, -0.15) is 0 Å². The van der Waals surface area contributed by atoms with Gasteiger partial charge >= 0.3 is 0 Å². The minimum atomic E-state index is 0.981. The van der Waals surface area contributed by atoms with E-state index in [2.05, 4.69) is 66.3 Å². The molecule has 0 aromatic carbocycles. The zero-order valence-electron chi connectivity index (χ0n) is 16.7. The maximum Gasteiger partial charge on any atom is 0.0734 e. The van der Waals surface area contributed by atoms with Crippen molar-refractivity contribution in [3.05, 3.63) is 76.2 Å². The summed E-state index contributed by atoms with van der Waals surface area (Å²) in [6.07, 6.45) is 11.6. The molecule has 0 radical (unpaired) electrons. The highest BCUT2D eigenvalue weighted by atomic mass is 14.7. The average molecular weight is 334 g/mol. The predicted molar refractivity (Wildman–Crippen MR) is 111 cm³/mol. The molecule has 1 heteroatoms. The van der Waals surface area contributed by atoms with E-state index < -0.39 is 0 Å². The Hall–Kier alpha value is -2.15. The Morgan fingerprint density at radius 2 is 1.84 bits per heavy atom. The van der Waals surface area contributed by atoms with Crippen molar-refractivity contribution in [1.82, 2.24) is 4.98 Å². The monoisotopic (exact) mass is 333 g/mol. The van der Waals surface area contributed by atoms with Gasteiger partial charge in [0.2, 0.25) is 0 Å². The summed E-state index contributed by atoms with van der Waals surface area (Å²) in [5.74, 6) is 0. The molecule has 0 spiro atoms. The summed E-state index contributed by atoms with van der Waals surface area (Å²) in [5, 5.41) is 0. The average Bonchev–Trinajstić information content (AvgIpc) is 2.59. The maximum atomic E-state index is 4.87. The smallest absolute Gasteiger partial charge is 0.0734 e. The molecule has 132 valence electrons. The van der Waals surface area contributed by atoms with Gasteiger partial charge in [0.25, 0.3) is 0 Å². The number of hydrogen-bond acceptors (Lipinski definition) is 1. The fourth-order valence-electron chi connectivity index (χ4n) is 3.62. The first-order valence-electron chi connectivity index (χ1n) is 9.27. The quantitative estimate of drug-likeness (QED) is 0.518. The summed E-state index contributed by atoms with van der Waals surface area (Å²) < 4.78 is 0. The standard InChI is InChI=1S/C24H31N/c1-8-11-22(20(9-2)10-3)24-18(6)14-21(15-25-24)23-17(5)13-12-16(4)19(23)7/h9-11,14-15H,2,8,12-13H2,1,3-7H3/b20-10+,22-11-. The summed E-state index contributed by atoms with van der Waals surface area (Å²) in [6, 6.07) is 2.29. The highest BCUT2D eigenvalue weighted by molar-refractivity contribution is 5.85. The van der Waals surface area contributed by atoms with Crippen LogP contribution in [0, 0.1) is 6.92 Å². The summed E-state index contributed by atoms with van der Waals surface area (Å²) in [4.78, 5) is 4.87. The van der Waals surface area contributed by atoms with E-state index in [1.54, 1.807) is 0 Å². The fourth-order valence-corrected chi connectivity index (χ4v) is 3.62. The Morgan fingerprint density at radius 1 is 1.16 bits per heavy atom. The van der Waals surface area contributed by atoms with E-state index >= 15 is 0 Å². The molecular formula is C24H31N. The van der Waals surface area contributed by atoms with Gasteiger partial charge in [-0.3, -0.25) is 4.98 Å². The SMILES string of the molecule is C=CC(=C\C)/C(=C/CC)c1ncc(C2=C(C)CCC(C)=C2C)cc1C. The second-order valence-electron chi connectivity index (χ2n) is 6.92. The molecule has 1 nitrogen and oxygen atoms in total. The van der Waals surface area contributed by atoms with Crippen molar-refractivity contribution in [2.24, 2.45) is 0 Å². The molecule has 0 aliphatic heterocycles. The van der Waals surface area contributed by atoms with Crippen molar-refractivity contribution in [1.29, 1.82) is 0 Å². The molecule has 0 bridgehead atoms. The van der Waals surface area contributed by atoms with Crippen LogP contribution in [0.2, 0.25) is 0 Å². The van der Waals surface area contributed by atoms with E-state index in [4.69, 9.17) is 4.98 Å². The van der Waals surface area contributed by atoms with Gasteiger partial charge in [0.1, 0.15) is 0 Å². The van der Waals surface area contributed by atoms with Crippen LogP contribution in [0.4, 0.5) is 0 Å². The van der Waals surface area contributed by atoms with E-state index in [0.29, 0.717) is 0 Å². The van der Waals surface area contributed by atoms with Crippen molar-refractivity contribution in [3.63, 3.8) is 0 Å². The molecule has 0 saturated carbocycles. The number of hydrogen-bond donors (Lipinski definition) is 0. The van der Waals surface area contributed by atoms with E-state index in [1.165, 1.54) is 45.4 Å². The summed E-state index contributed by atoms with van der Waals surface area (Å²) in [6.45, 7) is 17.1. The first-order valence-corrected chi connectivity index (χ1v) is 9.27.